The van der Waals surface area contributed by atoms with Crippen molar-refractivity contribution in [1.29, 1.82) is 0 Å². The van der Waals surface area contributed by atoms with Gasteiger partial charge in [-0.15, -0.1) is 35.7 Å². The van der Waals surface area contributed by atoms with Gasteiger partial charge in [-0.2, -0.15) is 17.2 Å². The van der Waals surface area contributed by atoms with Crippen LogP contribution < -0.4 is 4.74 Å². The van der Waals surface area contributed by atoms with Gasteiger partial charge in [0.2, 0.25) is 0 Å². The minimum Gasteiger partial charge on any atom is -0.509 e. The van der Waals surface area contributed by atoms with Gasteiger partial charge in [-0.05, 0) is 98.5 Å². The van der Waals surface area contributed by atoms with Crippen LogP contribution in [0.25, 0.3) is 44.4 Å². The Bertz CT molecular complexity index is 2260. The van der Waals surface area contributed by atoms with Gasteiger partial charge in [0.05, 0.1) is 5.69 Å². The molecular formula is C41H38N4OPd. The molecule has 4 aromatic carbocycles. The first-order valence-corrected chi connectivity index (χ1v) is 15.9. The van der Waals surface area contributed by atoms with Crippen LogP contribution in [0.15, 0.2) is 85.1 Å². The minimum absolute atomic E-state index is 0. The first-order chi connectivity index (χ1) is 22.2. The number of fused-ring (bicyclic) bond motifs is 3. The summed E-state index contributed by atoms with van der Waals surface area (Å²) in [6.07, 6.45) is 2.87. The third-order valence-electron chi connectivity index (χ3n) is 8.62. The van der Waals surface area contributed by atoms with Crippen LogP contribution >= 0.6 is 0 Å². The van der Waals surface area contributed by atoms with Crippen LogP contribution in [0.2, 0.25) is 0 Å². The first kappa shape index (κ1) is 32.4. The Kier molecular flexibility index (Phi) is 8.94. The van der Waals surface area contributed by atoms with Gasteiger partial charge in [0, 0.05) is 34.5 Å². The third-order valence-corrected chi connectivity index (χ3v) is 8.62. The molecule has 0 radical (unpaired) electrons. The average Bonchev–Trinajstić information content (AvgIpc) is 3.50. The van der Waals surface area contributed by atoms with E-state index in [4.69, 9.17) is 14.8 Å². The maximum absolute atomic E-state index is 6.43. The fourth-order valence-corrected chi connectivity index (χ4v) is 6.81. The van der Waals surface area contributed by atoms with Gasteiger partial charge in [-0.25, -0.2) is 4.98 Å². The fraction of sp³-hybridized carbons (Fsp3) is 0.220. The molecule has 0 saturated heterocycles. The number of pyridine rings is 1. The second-order valence-corrected chi connectivity index (χ2v) is 12.8. The van der Waals surface area contributed by atoms with E-state index >= 15 is 0 Å². The molecule has 0 N–H and O–H groups in total. The molecule has 3 heterocycles. The molecule has 0 aliphatic carbocycles. The standard InChI is InChI=1S/C41H38N4O.Pd/c1-25(2)19-31-21-27(4)20-28(5)40(31)41-29(6)43-45(30(41)7)32-11-10-12-33(23-32)46-34-15-16-36-35-13-8-9-14-37(35)44(38(36)24-34)39-22-26(3)17-18-42-39;/h8-18,20-22,25H,19H2,1-7H3;/q-2;+2. The molecule has 47 heavy (non-hydrogen) atoms. The van der Waals surface area contributed by atoms with E-state index < -0.39 is 0 Å². The summed E-state index contributed by atoms with van der Waals surface area (Å²) in [5, 5.41) is 7.27. The summed E-state index contributed by atoms with van der Waals surface area (Å²) in [6, 6.07) is 34.2. The summed E-state index contributed by atoms with van der Waals surface area (Å²) < 4.78 is 10.6. The van der Waals surface area contributed by atoms with Gasteiger partial charge in [0.25, 0.3) is 0 Å². The Labute approximate surface area is 290 Å². The Morgan fingerprint density at radius 2 is 1.55 bits per heavy atom. The molecule has 0 bridgehead atoms. The molecule has 3 aromatic heterocycles. The molecule has 0 spiro atoms. The normalized spacial score (nSPS) is 11.4. The number of nitrogens with zero attached hydrogens (tertiary/aromatic N) is 4. The van der Waals surface area contributed by atoms with Crippen molar-refractivity contribution in [3.8, 4) is 34.1 Å². The minimum atomic E-state index is 0. The number of aryl methyl sites for hydroxylation is 4. The monoisotopic (exact) mass is 708 g/mol. The summed E-state index contributed by atoms with van der Waals surface area (Å²) >= 11 is 0. The van der Waals surface area contributed by atoms with Crippen molar-refractivity contribution in [2.45, 2.75) is 54.9 Å². The predicted octanol–water partition coefficient (Wildman–Crippen LogP) is 10.2. The van der Waals surface area contributed by atoms with Gasteiger partial charge in [-0.3, -0.25) is 4.68 Å². The molecule has 0 saturated carbocycles. The van der Waals surface area contributed by atoms with E-state index in [1.165, 1.54) is 27.8 Å². The number of aromatic nitrogens is 4. The molecule has 5 nitrogen and oxygen atoms in total. The van der Waals surface area contributed by atoms with Crippen LogP contribution in [0.3, 0.4) is 0 Å². The van der Waals surface area contributed by atoms with Gasteiger partial charge in [-0.1, -0.05) is 55.3 Å². The van der Waals surface area contributed by atoms with Gasteiger partial charge in [0.1, 0.15) is 5.82 Å². The predicted molar refractivity (Wildman–Crippen MR) is 188 cm³/mol. The summed E-state index contributed by atoms with van der Waals surface area (Å²) in [4.78, 5) is 4.70. The zero-order chi connectivity index (χ0) is 32.1. The Morgan fingerprint density at radius 3 is 2.34 bits per heavy atom. The van der Waals surface area contributed by atoms with E-state index in [0.29, 0.717) is 17.4 Å². The van der Waals surface area contributed by atoms with E-state index in [0.717, 1.165) is 56.7 Å². The van der Waals surface area contributed by atoms with Crippen molar-refractivity contribution in [1.82, 2.24) is 19.3 Å². The van der Waals surface area contributed by atoms with Crippen LogP contribution in [0.1, 0.15) is 47.5 Å². The SMILES string of the molecule is Cc1ccnc(-n2c3[c-]c(Oc4[c-]c(-n5nc(C)c(-c6c(C)cc(C)cc6CC(C)C)c5C)ccc4)ccc3c3ccccc32)c1.[Pd+2]. The summed E-state index contributed by atoms with van der Waals surface area (Å²) in [6.45, 7) is 15.3. The average molecular weight is 709 g/mol. The largest absolute Gasteiger partial charge is 2.00 e. The number of ether oxygens (including phenoxy) is 1. The van der Waals surface area contributed by atoms with Crippen molar-refractivity contribution in [3.63, 3.8) is 0 Å². The van der Waals surface area contributed by atoms with Crippen molar-refractivity contribution < 1.29 is 25.2 Å². The summed E-state index contributed by atoms with van der Waals surface area (Å²) in [5.41, 5.74) is 12.5. The van der Waals surface area contributed by atoms with Crippen molar-refractivity contribution in [2.24, 2.45) is 5.92 Å². The van der Waals surface area contributed by atoms with Crippen molar-refractivity contribution >= 4 is 21.8 Å². The molecule has 238 valence electrons. The molecular weight excluding hydrogens is 671 g/mol. The van der Waals surface area contributed by atoms with E-state index in [9.17, 15) is 0 Å². The molecule has 0 aliphatic rings. The van der Waals surface area contributed by atoms with Crippen molar-refractivity contribution in [3.05, 3.63) is 131 Å². The van der Waals surface area contributed by atoms with E-state index in [2.05, 4.69) is 114 Å². The third kappa shape index (κ3) is 6.05. The molecule has 7 rings (SSSR count). The fourth-order valence-electron chi connectivity index (χ4n) is 6.81. The molecule has 0 unspecified atom stereocenters. The van der Waals surface area contributed by atoms with Crippen LogP contribution in [-0.4, -0.2) is 19.3 Å². The van der Waals surface area contributed by atoms with Crippen LogP contribution in [0, 0.1) is 52.7 Å². The molecule has 0 amide bonds. The second kappa shape index (κ2) is 13.0. The zero-order valence-electron chi connectivity index (χ0n) is 27.9. The second-order valence-electron chi connectivity index (χ2n) is 12.8. The quantitative estimate of drug-likeness (QED) is 0.122. The molecule has 0 fully saturated rings. The van der Waals surface area contributed by atoms with Crippen LogP contribution in [0.5, 0.6) is 11.5 Å². The van der Waals surface area contributed by atoms with E-state index in [-0.39, 0.29) is 20.4 Å². The number of hydrogen-bond acceptors (Lipinski definition) is 3. The Balaban J connectivity index is 0.00000386. The smallest absolute Gasteiger partial charge is 0.509 e. The summed E-state index contributed by atoms with van der Waals surface area (Å²) in [5.74, 6) is 2.63. The van der Waals surface area contributed by atoms with E-state index in [1.807, 2.05) is 41.2 Å². The van der Waals surface area contributed by atoms with Crippen LogP contribution in [-0.2, 0) is 26.8 Å². The Hall–Kier alpha value is -4.50. The maximum Gasteiger partial charge on any atom is 2.00 e. The molecule has 6 heteroatoms. The topological polar surface area (TPSA) is 44.9 Å². The number of rotatable bonds is 7. The van der Waals surface area contributed by atoms with Gasteiger partial charge >= 0.3 is 20.4 Å². The number of benzene rings is 4. The first-order valence-electron chi connectivity index (χ1n) is 15.9. The summed E-state index contributed by atoms with van der Waals surface area (Å²) in [7, 11) is 0. The number of para-hydroxylation sites is 1. The number of hydrogen-bond donors (Lipinski definition) is 0. The molecule has 0 aliphatic heterocycles. The maximum atomic E-state index is 6.43. The Morgan fingerprint density at radius 1 is 0.766 bits per heavy atom. The van der Waals surface area contributed by atoms with Crippen molar-refractivity contribution in [2.75, 3.05) is 0 Å². The molecule has 0 atom stereocenters. The zero-order valence-corrected chi connectivity index (χ0v) is 29.4. The van der Waals surface area contributed by atoms with Gasteiger partial charge in [0.15, 0.2) is 0 Å². The van der Waals surface area contributed by atoms with E-state index in [1.54, 1.807) is 0 Å². The molecule has 7 aromatic rings. The van der Waals surface area contributed by atoms with Crippen LogP contribution in [0.4, 0.5) is 0 Å². The van der Waals surface area contributed by atoms with Gasteiger partial charge < -0.3 is 9.30 Å².